The maximum atomic E-state index is 5.98. The van der Waals surface area contributed by atoms with Crippen molar-refractivity contribution in [1.29, 1.82) is 0 Å². The first kappa shape index (κ1) is 16.9. The third-order valence-corrected chi connectivity index (χ3v) is 5.39. The Morgan fingerprint density at radius 1 is 1.24 bits per heavy atom. The lowest BCUT2D eigenvalue weighted by Crippen LogP contribution is -2.53. The molecule has 0 aromatic carbocycles. The molecule has 0 radical (unpaired) electrons. The summed E-state index contributed by atoms with van der Waals surface area (Å²) in [4.78, 5) is 9.59. The topological polar surface area (TPSA) is 43.8 Å². The summed E-state index contributed by atoms with van der Waals surface area (Å²) < 4.78 is 11.6. The van der Waals surface area contributed by atoms with Crippen LogP contribution in [0.4, 0.5) is 0 Å². The fourth-order valence-electron chi connectivity index (χ4n) is 4.19. The quantitative estimate of drug-likeness (QED) is 0.745. The monoisotopic (exact) mass is 347 g/mol. The average Bonchev–Trinajstić information content (AvgIpc) is 2.92. The van der Waals surface area contributed by atoms with Gasteiger partial charge < -0.3 is 19.3 Å². The Balaban J connectivity index is 1.63. The van der Waals surface area contributed by atoms with E-state index in [9.17, 15) is 0 Å². The summed E-state index contributed by atoms with van der Waals surface area (Å²) >= 11 is 0. The fraction of sp³-hybridized carbons (Fsp3) is 0.722. The van der Waals surface area contributed by atoms with Crippen LogP contribution in [0.2, 0.25) is 0 Å². The van der Waals surface area contributed by atoms with Crippen molar-refractivity contribution < 1.29 is 9.47 Å². The molecule has 7 nitrogen and oxygen atoms in total. The minimum Gasteiger partial charge on any atom is -0.377 e. The number of rotatable bonds is 2. The molecule has 0 saturated carbocycles. The molecule has 3 atom stereocenters. The molecule has 2 bridgehead atoms. The van der Waals surface area contributed by atoms with Crippen molar-refractivity contribution in [2.24, 2.45) is 4.99 Å². The lowest BCUT2D eigenvalue weighted by molar-refractivity contribution is -0.0252. The van der Waals surface area contributed by atoms with Gasteiger partial charge in [-0.25, -0.2) is 15.0 Å². The summed E-state index contributed by atoms with van der Waals surface area (Å²) in [5.41, 5.74) is 0. The lowest BCUT2D eigenvalue weighted by Gasteiger charge is -2.45. The van der Waals surface area contributed by atoms with E-state index in [0.29, 0.717) is 18.2 Å². The van der Waals surface area contributed by atoms with E-state index in [1.165, 1.54) is 0 Å². The van der Waals surface area contributed by atoms with E-state index in [0.717, 1.165) is 63.2 Å². The van der Waals surface area contributed by atoms with Gasteiger partial charge in [-0.05, 0) is 19.8 Å². The van der Waals surface area contributed by atoms with Gasteiger partial charge in [0.2, 0.25) is 0 Å². The number of likely N-dealkylation sites (tertiary alicyclic amines) is 1. The second-order valence-corrected chi connectivity index (χ2v) is 7.53. The van der Waals surface area contributed by atoms with E-state index in [2.05, 4.69) is 34.4 Å². The number of ether oxygens (including phenoxy) is 2. The summed E-state index contributed by atoms with van der Waals surface area (Å²) in [6.45, 7) is 10.7. The van der Waals surface area contributed by atoms with Crippen molar-refractivity contribution in [3.05, 3.63) is 24.3 Å². The summed E-state index contributed by atoms with van der Waals surface area (Å²) in [6.07, 6.45) is 5.23. The molecule has 0 aromatic rings. The highest BCUT2D eigenvalue weighted by Gasteiger charge is 2.37. The van der Waals surface area contributed by atoms with Gasteiger partial charge >= 0.3 is 0 Å². The maximum Gasteiger partial charge on any atom is 0.144 e. The highest BCUT2D eigenvalue weighted by Crippen LogP contribution is 2.30. The zero-order chi connectivity index (χ0) is 17.6. The minimum atomic E-state index is 0.329. The number of aliphatic imine (C=N–C) groups is 1. The Hall–Kier alpha value is -1.57. The van der Waals surface area contributed by atoms with Crippen LogP contribution in [0.15, 0.2) is 29.3 Å². The molecule has 138 valence electrons. The molecule has 3 fully saturated rings. The van der Waals surface area contributed by atoms with Gasteiger partial charge in [-0.1, -0.05) is 6.58 Å². The minimum absolute atomic E-state index is 0.329. The molecule has 0 aromatic heterocycles. The van der Waals surface area contributed by atoms with Gasteiger partial charge in [0.15, 0.2) is 0 Å². The van der Waals surface area contributed by atoms with Crippen molar-refractivity contribution in [3.8, 4) is 0 Å². The molecule has 2 unspecified atom stereocenters. The number of amidine groups is 1. The van der Waals surface area contributed by atoms with Gasteiger partial charge in [-0.2, -0.15) is 0 Å². The standard InChI is InChI=1S/C18H29N5O2/c1-13-12-24-8-7-22(13)18-9-17(19-14(2)23(18)20(3)4)21-10-15-5-6-16(11-21)25-15/h9,13,15-16H,2,5-8,10-12H2,1,3-4H3/t13-,15?,16?/m1/s1. The van der Waals surface area contributed by atoms with Crippen molar-refractivity contribution >= 4 is 5.84 Å². The molecule has 25 heavy (non-hydrogen) atoms. The second kappa shape index (κ2) is 6.63. The number of hydrogen-bond donors (Lipinski definition) is 0. The number of morpholine rings is 2. The van der Waals surface area contributed by atoms with Crippen molar-refractivity contribution in [2.75, 3.05) is 46.9 Å². The fourth-order valence-corrected chi connectivity index (χ4v) is 4.19. The predicted molar refractivity (Wildman–Crippen MR) is 96.6 cm³/mol. The average molecular weight is 347 g/mol. The molecule has 4 aliphatic rings. The zero-order valence-corrected chi connectivity index (χ0v) is 15.5. The van der Waals surface area contributed by atoms with Gasteiger partial charge in [0.25, 0.3) is 0 Å². The van der Waals surface area contributed by atoms with Crippen molar-refractivity contribution in [2.45, 2.75) is 38.0 Å². The summed E-state index contributed by atoms with van der Waals surface area (Å²) in [7, 11) is 4.05. The van der Waals surface area contributed by atoms with Crippen LogP contribution in [0.5, 0.6) is 0 Å². The van der Waals surface area contributed by atoms with Crippen LogP contribution in [-0.2, 0) is 9.47 Å². The van der Waals surface area contributed by atoms with Gasteiger partial charge in [0.1, 0.15) is 17.5 Å². The number of nitrogens with zero attached hydrogens (tertiary/aromatic N) is 5. The Morgan fingerprint density at radius 2 is 1.96 bits per heavy atom. The van der Waals surface area contributed by atoms with E-state index in [1.807, 2.05) is 19.1 Å². The highest BCUT2D eigenvalue weighted by molar-refractivity contribution is 5.95. The molecule has 7 heteroatoms. The van der Waals surface area contributed by atoms with Crippen LogP contribution >= 0.6 is 0 Å². The van der Waals surface area contributed by atoms with Crippen LogP contribution in [0, 0.1) is 0 Å². The van der Waals surface area contributed by atoms with Crippen LogP contribution in [-0.4, -0.2) is 90.8 Å². The molecule has 4 aliphatic heterocycles. The van der Waals surface area contributed by atoms with E-state index >= 15 is 0 Å². The van der Waals surface area contributed by atoms with E-state index in [1.54, 1.807) is 0 Å². The summed E-state index contributed by atoms with van der Waals surface area (Å²) in [6, 6.07) is 0.329. The highest BCUT2D eigenvalue weighted by atomic mass is 16.5. The van der Waals surface area contributed by atoms with Gasteiger partial charge in [0, 0.05) is 39.8 Å². The molecule has 0 aliphatic carbocycles. The number of fused-ring (bicyclic) bond motifs is 2. The third-order valence-electron chi connectivity index (χ3n) is 5.39. The molecule has 0 N–H and O–H groups in total. The Bertz CT molecular complexity index is 590. The Kier molecular flexibility index (Phi) is 4.47. The molecule has 0 amide bonds. The third kappa shape index (κ3) is 3.16. The smallest absolute Gasteiger partial charge is 0.144 e. The Labute approximate surface area is 150 Å². The van der Waals surface area contributed by atoms with Crippen molar-refractivity contribution in [3.63, 3.8) is 0 Å². The normalized spacial score (nSPS) is 33.0. The van der Waals surface area contributed by atoms with E-state index in [-0.39, 0.29) is 0 Å². The molecule has 4 rings (SSSR count). The Morgan fingerprint density at radius 3 is 2.60 bits per heavy atom. The van der Waals surface area contributed by atoms with Crippen LogP contribution in [0.25, 0.3) is 0 Å². The molecular formula is C18H29N5O2. The zero-order valence-electron chi connectivity index (χ0n) is 15.5. The van der Waals surface area contributed by atoms with Gasteiger partial charge in [-0.15, -0.1) is 0 Å². The van der Waals surface area contributed by atoms with Gasteiger partial charge in [-0.3, -0.25) is 0 Å². The molecular weight excluding hydrogens is 318 g/mol. The first-order valence-corrected chi connectivity index (χ1v) is 9.24. The van der Waals surface area contributed by atoms with E-state index < -0.39 is 0 Å². The first-order valence-electron chi connectivity index (χ1n) is 9.24. The predicted octanol–water partition coefficient (Wildman–Crippen LogP) is 1.07. The second-order valence-electron chi connectivity index (χ2n) is 7.53. The van der Waals surface area contributed by atoms with Gasteiger partial charge in [0.05, 0.1) is 31.5 Å². The van der Waals surface area contributed by atoms with Crippen LogP contribution < -0.4 is 0 Å². The number of hydrazine groups is 1. The SMILES string of the molecule is C=C1N=C(N2CC3CCC(C2)O3)C=C(N2CCOC[C@H]2C)N1N(C)C. The first-order chi connectivity index (χ1) is 12.0. The lowest BCUT2D eigenvalue weighted by atomic mass is 10.2. The van der Waals surface area contributed by atoms with E-state index in [4.69, 9.17) is 14.5 Å². The van der Waals surface area contributed by atoms with Crippen LogP contribution in [0.1, 0.15) is 19.8 Å². The summed E-state index contributed by atoms with van der Waals surface area (Å²) in [5, 5.41) is 4.13. The molecule has 3 saturated heterocycles. The molecule has 4 heterocycles. The largest absolute Gasteiger partial charge is 0.377 e. The summed E-state index contributed by atoms with van der Waals surface area (Å²) in [5.74, 6) is 2.90. The maximum absolute atomic E-state index is 5.98. The van der Waals surface area contributed by atoms with Crippen LogP contribution in [0.3, 0.4) is 0 Å². The number of hydrogen-bond acceptors (Lipinski definition) is 7. The molecule has 0 spiro atoms. The van der Waals surface area contributed by atoms with Crippen molar-refractivity contribution in [1.82, 2.24) is 19.8 Å².